The highest BCUT2D eigenvalue weighted by molar-refractivity contribution is 5.90. The number of hydrogen-bond donors (Lipinski definition) is 2. The highest BCUT2D eigenvalue weighted by Gasteiger charge is 2.86. The van der Waals surface area contributed by atoms with E-state index in [-0.39, 0.29) is 36.6 Å². The van der Waals surface area contributed by atoms with Crippen LogP contribution in [0.4, 0.5) is 0 Å². The van der Waals surface area contributed by atoms with E-state index in [1.54, 1.807) is 0 Å². The van der Waals surface area contributed by atoms with Crippen LogP contribution in [0.15, 0.2) is 11.6 Å². The van der Waals surface area contributed by atoms with E-state index < -0.39 is 22.2 Å². The smallest absolute Gasteiger partial charge is 0.315 e. The number of carboxylic acids is 1. The predicted octanol–water partition coefficient (Wildman–Crippen LogP) is 5.58. The van der Waals surface area contributed by atoms with Gasteiger partial charge in [0.25, 0.3) is 0 Å². The second kappa shape index (κ2) is 10.5. The molecule has 0 amide bonds. The summed E-state index contributed by atoms with van der Waals surface area (Å²) in [6.45, 7) is 11.2. The Bertz CT molecular complexity index is 1020. The van der Waals surface area contributed by atoms with Crippen molar-refractivity contribution in [2.24, 2.45) is 57.7 Å². The first-order valence-electron chi connectivity index (χ1n) is 16.6. The third-order valence-electron chi connectivity index (χ3n) is 13.4. The molecule has 3 unspecified atom stereocenters. The number of carboxylic acid groups (broad SMARTS) is 1. The van der Waals surface area contributed by atoms with Crippen molar-refractivity contribution in [2.75, 3.05) is 26.2 Å². The van der Waals surface area contributed by atoms with Crippen molar-refractivity contribution >= 4 is 12.3 Å². The molecule has 5 aliphatic carbocycles. The molecule has 0 radical (unpaired) electrons. The number of hydrogen-bond acceptors (Lipinski definition) is 5. The van der Waals surface area contributed by atoms with Gasteiger partial charge in [-0.25, -0.2) is 0 Å². The molecule has 5 fully saturated rings. The maximum atomic E-state index is 14.0. The first-order valence-corrected chi connectivity index (χ1v) is 16.6. The standard InChI is InChI=1S/C34H53NO5/c1-5-35(12-13-36)19-29-24(14-23-8-6-7-9-23)15-30(40-29)33-18-26-22(4)10-11-27(26)32(20-37)17-25(33)16-28(21(2)3)34(32,33)31(38)39/h16,20-27,29-30,36H,5-15,17-19H2,1-4H3,(H,38,39)/t22-,24+,25?,26-,27-,29+,30-,32?,33?,34+/m1/s1. The molecule has 1 saturated heterocycles. The molecule has 0 spiro atoms. The normalized spacial score (nSPS) is 46.0. The number of carbonyl (C=O) groups is 2. The number of nitrogens with zero attached hydrogens (tertiary/aromatic N) is 1. The average Bonchev–Trinajstić information content (AvgIpc) is 3.74. The molecule has 0 aromatic carbocycles. The molecule has 10 atom stereocenters. The third kappa shape index (κ3) is 3.70. The zero-order chi connectivity index (χ0) is 28.4. The molecule has 6 heteroatoms. The minimum absolute atomic E-state index is 0.0455. The summed E-state index contributed by atoms with van der Waals surface area (Å²) in [5.41, 5.74) is -1.55. The van der Waals surface area contributed by atoms with Crippen molar-refractivity contribution in [1.82, 2.24) is 4.90 Å². The summed E-state index contributed by atoms with van der Waals surface area (Å²) in [7, 11) is 0. The number of fused-ring (bicyclic) bond motifs is 2. The van der Waals surface area contributed by atoms with Crippen LogP contribution in [-0.4, -0.2) is 65.8 Å². The summed E-state index contributed by atoms with van der Waals surface area (Å²) in [5, 5.41) is 21.2. The van der Waals surface area contributed by atoms with Gasteiger partial charge in [-0.15, -0.1) is 0 Å². The largest absolute Gasteiger partial charge is 0.481 e. The van der Waals surface area contributed by atoms with Crippen molar-refractivity contribution in [1.29, 1.82) is 0 Å². The quantitative estimate of drug-likeness (QED) is 0.256. The van der Waals surface area contributed by atoms with Crippen LogP contribution >= 0.6 is 0 Å². The van der Waals surface area contributed by atoms with Crippen LogP contribution in [0.25, 0.3) is 0 Å². The van der Waals surface area contributed by atoms with E-state index in [0.717, 1.165) is 63.0 Å². The maximum Gasteiger partial charge on any atom is 0.315 e. The summed E-state index contributed by atoms with van der Waals surface area (Å²) in [6.07, 6.45) is 14.3. The van der Waals surface area contributed by atoms with Gasteiger partial charge in [-0.2, -0.15) is 0 Å². The van der Waals surface area contributed by atoms with E-state index in [9.17, 15) is 19.8 Å². The van der Waals surface area contributed by atoms with Gasteiger partial charge in [0.2, 0.25) is 0 Å². The van der Waals surface area contributed by atoms with Gasteiger partial charge in [-0.3, -0.25) is 9.69 Å². The maximum absolute atomic E-state index is 14.0. The lowest BCUT2D eigenvalue weighted by Gasteiger charge is -2.60. The molecule has 224 valence electrons. The summed E-state index contributed by atoms with van der Waals surface area (Å²) in [6, 6.07) is 0. The molecular formula is C34H53NO5. The van der Waals surface area contributed by atoms with Gasteiger partial charge in [-0.05, 0) is 80.1 Å². The fourth-order valence-electron chi connectivity index (χ4n) is 11.9. The second-order valence-corrected chi connectivity index (χ2v) is 15.0. The number of aliphatic hydroxyl groups excluding tert-OH is 1. The molecule has 4 bridgehead atoms. The Morgan fingerprint density at radius 3 is 2.58 bits per heavy atom. The summed E-state index contributed by atoms with van der Waals surface area (Å²) in [4.78, 5) is 29.7. The van der Waals surface area contributed by atoms with E-state index in [1.807, 2.05) is 0 Å². The van der Waals surface area contributed by atoms with Crippen LogP contribution < -0.4 is 0 Å². The number of aldehydes is 1. The molecule has 6 aliphatic rings. The molecule has 6 nitrogen and oxygen atoms in total. The van der Waals surface area contributed by atoms with Gasteiger partial charge in [0.05, 0.1) is 24.2 Å². The van der Waals surface area contributed by atoms with Gasteiger partial charge in [0.15, 0.2) is 0 Å². The van der Waals surface area contributed by atoms with Crippen molar-refractivity contribution < 1.29 is 24.5 Å². The van der Waals surface area contributed by atoms with Gasteiger partial charge in [0.1, 0.15) is 11.7 Å². The Hall–Kier alpha value is -1.24. The van der Waals surface area contributed by atoms with Crippen LogP contribution in [0, 0.1) is 57.7 Å². The molecule has 1 aliphatic heterocycles. The van der Waals surface area contributed by atoms with Gasteiger partial charge < -0.3 is 19.7 Å². The Kier molecular flexibility index (Phi) is 7.56. The minimum atomic E-state index is -1.17. The van der Waals surface area contributed by atoms with Gasteiger partial charge in [-0.1, -0.05) is 71.4 Å². The Morgan fingerprint density at radius 1 is 1.20 bits per heavy atom. The second-order valence-electron chi connectivity index (χ2n) is 15.0. The van der Waals surface area contributed by atoms with Crippen LogP contribution in [0.3, 0.4) is 0 Å². The molecule has 2 N–H and O–H groups in total. The van der Waals surface area contributed by atoms with Crippen LogP contribution in [-0.2, 0) is 14.3 Å². The summed E-state index contributed by atoms with van der Waals surface area (Å²) in [5.74, 6) is 1.59. The van der Waals surface area contributed by atoms with Gasteiger partial charge in [0, 0.05) is 18.5 Å². The number of allylic oxidation sites excluding steroid dienone is 1. The number of rotatable bonds is 11. The zero-order valence-electron chi connectivity index (χ0n) is 25.3. The van der Waals surface area contributed by atoms with Crippen molar-refractivity contribution in [3.05, 3.63) is 11.6 Å². The number of ether oxygens (including phenoxy) is 1. The molecular weight excluding hydrogens is 502 g/mol. The lowest BCUT2D eigenvalue weighted by Crippen LogP contribution is -2.65. The van der Waals surface area contributed by atoms with Crippen molar-refractivity contribution in [2.45, 2.75) is 104 Å². The van der Waals surface area contributed by atoms with Crippen molar-refractivity contribution in [3.8, 4) is 0 Å². The Labute approximate surface area is 241 Å². The number of aliphatic carboxylic acids is 1. The third-order valence-corrected chi connectivity index (χ3v) is 13.4. The van der Waals surface area contributed by atoms with Gasteiger partial charge >= 0.3 is 5.97 Å². The van der Waals surface area contributed by atoms with Crippen LogP contribution in [0.2, 0.25) is 0 Å². The first kappa shape index (κ1) is 28.9. The molecule has 40 heavy (non-hydrogen) atoms. The summed E-state index contributed by atoms with van der Waals surface area (Å²) >= 11 is 0. The number of likely N-dealkylation sites (N-methyl/N-ethyl adjacent to an activating group) is 1. The van der Waals surface area contributed by atoms with Crippen molar-refractivity contribution in [3.63, 3.8) is 0 Å². The first-order chi connectivity index (χ1) is 19.2. The topological polar surface area (TPSA) is 87.1 Å². The van der Waals surface area contributed by atoms with E-state index in [4.69, 9.17) is 4.74 Å². The van der Waals surface area contributed by atoms with Crippen LogP contribution in [0.1, 0.15) is 91.9 Å². The Balaban J connectivity index is 1.44. The highest BCUT2D eigenvalue weighted by atomic mass is 16.5. The SMILES string of the molecule is CCN(CCO)C[C@@H]1O[C@@H](C23C[C@@H]4[C@H](C)CC[C@H]4C4(C=O)CC2C=C(C(C)C)[C@]43C(=O)O)C[C@@H]1CC1CCCC1. The number of aliphatic hydroxyl groups is 1. The number of carbonyl (C=O) groups excluding carboxylic acids is 1. The summed E-state index contributed by atoms with van der Waals surface area (Å²) < 4.78 is 7.24. The fraction of sp³-hybridized carbons (Fsp3) is 0.882. The highest BCUT2D eigenvalue weighted by Crippen LogP contribution is 2.84. The predicted molar refractivity (Wildman–Crippen MR) is 155 cm³/mol. The molecule has 6 rings (SSSR count). The van der Waals surface area contributed by atoms with E-state index in [2.05, 4.69) is 38.7 Å². The molecule has 4 saturated carbocycles. The molecule has 0 aromatic rings. The molecule has 1 heterocycles. The zero-order valence-corrected chi connectivity index (χ0v) is 25.3. The van der Waals surface area contributed by atoms with E-state index in [1.165, 1.54) is 25.7 Å². The molecule has 0 aromatic heterocycles. The minimum Gasteiger partial charge on any atom is -0.481 e. The average molecular weight is 556 g/mol. The van der Waals surface area contributed by atoms with E-state index >= 15 is 0 Å². The van der Waals surface area contributed by atoms with Crippen LogP contribution in [0.5, 0.6) is 0 Å². The lowest BCUT2D eigenvalue weighted by atomic mass is 9.41. The fourth-order valence-corrected chi connectivity index (χ4v) is 11.9. The van der Waals surface area contributed by atoms with E-state index in [0.29, 0.717) is 30.7 Å². The monoisotopic (exact) mass is 555 g/mol. The lowest BCUT2D eigenvalue weighted by molar-refractivity contribution is -0.197. The Morgan fingerprint density at radius 2 is 1.95 bits per heavy atom.